The standard InChI is InChI=1S/C13H11BrFNS/c14-10-4-9(5-12(16)6-10)8-17-13-3-1-2-11(15)7-13/h1-7H,8,16H2. The van der Waals surface area contributed by atoms with E-state index in [-0.39, 0.29) is 5.82 Å². The summed E-state index contributed by atoms with van der Waals surface area (Å²) in [6.07, 6.45) is 0. The summed E-state index contributed by atoms with van der Waals surface area (Å²) in [7, 11) is 0. The highest BCUT2D eigenvalue weighted by molar-refractivity contribution is 9.10. The molecule has 0 bridgehead atoms. The lowest BCUT2D eigenvalue weighted by molar-refractivity contribution is 0.624. The van der Waals surface area contributed by atoms with Crippen LogP contribution in [-0.2, 0) is 5.75 Å². The maximum Gasteiger partial charge on any atom is 0.124 e. The average molecular weight is 312 g/mol. The first-order valence-electron chi connectivity index (χ1n) is 5.07. The van der Waals surface area contributed by atoms with Crippen molar-refractivity contribution < 1.29 is 4.39 Å². The molecule has 4 heteroatoms. The minimum atomic E-state index is -0.205. The zero-order chi connectivity index (χ0) is 12.3. The van der Waals surface area contributed by atoms with Gasteiger partial charge in [0, 0.05) is 20.8 Å². The van der Waals surface area contributed by atoms with Gasteiger partial charge < -0.3 is 5.73 Å². The smallest absolute Gasteiger partial charge is 0.124 e. The lowest BCUT2D eigenvalue weighted by Gasteiger charge is -2.04. The first-order chi connectivity index (χ1) is 8.13. The third kappa shape index (κ3) is 3.75. The van der Waals surface area contributed by atoms with Gasteiger partial charge in [-0.1, -0.05) is 22.0 Å². The second kappa shape index (κ2) is 5.56. The number of hydrogen-bond acceptors (Lipinski definition) is 2. The maximum absolute atomic E-state index is 13.0. The van der Waals surface area contributed by atoms with Crippen LogP contribution in [0.15, 0.2) is 51.8 Å². The number of rotatable bonds is 3. The van der Waals surface area contributed by atoms with Crippen molar-refractivity contribution in [3.8, 4) is 0 Å². The van der Waals surface area contributed by atoms with Crippen LogP contribution in [0.5, 0.6) is 0 Å². The molecule has 0 fully saturated rings. The fraction of sp³-hybridized carbons (Fsp3) is 0.0769. The Bertz CT molecular complexity index is 510. The third-order valence-corrected chi connectivity index (χ3v) is 3.70. The van der Waals surface area contributed by atoms with Gasteiger partial charge in [0.1, 0.15) is 5.82 Å². The quantitative estimate of drug-likeness (QED) is 0.669. The molecular weight excluding hydrogens is 301 g/mol. The lowest BCUT2D eigenvalue weighted by Crippen LogP contribution is -1.88. The number of halogens is 2. The first kappa shape index (κ1) is 12.5. The predicted octanol–water partition coefficient (Wildman–Crippen LogP) is 4.46. The fourth-order valence-corrected chi connectivity index (χ4v) is 2.91. The van der Waals surface area contributed by atoms with E-state index in [0.29, 0.717) is 0 Å². The highest BCUT2D eigenvalue weighted by atomic mass is 79.9. The van der Waals surface area contributed by atoms with E-state index in [1.165, 1.54) is 12.1 Å². The van der Waals surface area contributed by atoms with Crippen LogP contribution in [0.4, 0.5) is 10.1 Å². The highest BCUT2D eigenvalue weighted by Gasteiger charge is 2.00. The van der Waals surface area contributed by atoms with Gasteiger partial charge in [-0.25, -0.2) is 4.39 Å². The van der Waals surface area contributed by atoms with Gasteiger partial charge in [-0.2, -0.15) is 0 Å². The molecule has 0 heterocycles. The highest BCUT2D eigenvalue weighted by Crippen LogP contribution is 2.26. The van der Waals surface area contributed by atoms with Crippen LogP contribution in [-0.4, -0.2) is 0 Å². The predicted molar refractivity (Wildman–Crippen MR) is 74.5 cm³/mol. The second-order valence-corrected chi connectivity index (χ2v) is 5.60. The minimum absolute atomic E-state index is 0.205. The topological polar surface area (TPSA) is 26.0 Å². The van der Waals surface area contributed by atoms with Crippen LogP contribution >= 0.6 is 27.7 Å². The molecule has 0 saturated carbocycles. The molecule has 2 aromatic rings. The zero-order valence-electron chi connectivity index (χ0n) is 8.99. The Morgan fingerprint density at radius 1 is 1.18 bits per heavy atom. The minimum Gasteiger partial charge on any atom is -0.399 e. The van der Waals surface area contributed by atoms with E-state index in [1.54, 1.807) is 17.8 Å². The van der Waals surface area contributed by atoms with E-state index >= 15 is 0 Å². The summed E-state index contributed by atoms with van der Waals surface area (Å²) in [5.41, 5.74) is 7.60. The van der Waals surface area contributed by atoms with Crippen molar-refractivity contribution in [1.82, 2.24) is 0 Å². The van der Waals surface area contributed by atoms with E-state index in [4.69, 9.17) is 5.73 Å². The SMILES string of the molecule is Nc1cc(Br)cc(CSc2cccc(F)c2)c1. The van der Waals surface area contributed by atoms with Crippen LogP contribution in [0.3, 0.4) is 0 Å². The third-order valence-electron chi connectivity index (χ3n) is 2.18. The van der Waals surface area contributed by atoms with Crippen molar-refractivity contribution in [3.63, 3.8) is 0 Å². The summed E-state index contributed by atoms with van der Waals surface area (Å²) in [6, 6.07) is 12.4. The Morgan fingerprint density at radius 2 is 2.00 bits per heavy atom. The average Bonchev–Trinajstić information content (AvgIpc) is 2.25. The normalized spacial score (nSPS) is 10.5. The molecule has 0 atom stereocenters. The Kier molecular flexibility index (Phi) is 4.07. The van der Waals surface area contributed by atoms with Crippen LogP contribution in [0.25, 0.3) is 0 Å². The summed E-state index contributed by atoms with van der Waals surface area (Å²) >= 11 is 4.99. The molecule has 0 aliphatic carbocycles. The maximum atomic E-state index is 13.0. The summed E-state index contributed by atoms with van der Waals surface area (Å²) in [5, 5.41) is 0. The zero-order valence-corrected chi connectivity index (χ0v) is 11.4. The molecule has 2 aromatic carbocycles. The number of benzene rings is 2. The van der Waals surface area contributed by atoms with Crippen molar-refractivity contribution in [2.75, 3.05) is 5.73 Å². The fourth-order valence-electron chi connectivity index (χ4n) is 1.48. The van der Waals surface area contributed by atoms with Crippen molar-refractivity contribution in [2.24, 2.45) is 0 Å². The van der Waals surface area contributed by atoms with E-state index < -0.39 is 0 Å². The molecule has 17 heavy (non-hydrogen) atoms. The van der Waals surface area contributed by atoms with Gasteiger partial charge in [0.15, 0.2) is 0 Å². The molecule has 0 amide bonds. The number of thioether (sulfide) groups is 1. The van der Waals surface area contributed by atoms with E-state index in [0.717, 1.165) is 26.4 Å². The van der Waals surface area contributed by atoms with Gasteiger partial charge in [0.25, 0.3) is 0 Å². The van der Waals surface area contributed by atoms with Gasteiger partial charge in [-0.15, -0.1) is 11.8 Å². The summed E-state index contributed by atoms with van der Waals surface area (Å²) in [4.78, 5) is 0.920. The molecule has 0 radical (unpaired) electrons. The monoisotopic (exact) mass is 311 g/mol. The van der Waals surface area contributed by atoms with Crippen LogP contribution < -0.4 is 5.73 Å². The Labute approximate surface area is 112 Å². The molecular formula is C13H11BrFNS. The molecule has 0 spiro atoms. The van der Waals surface area contributed by atoms with Crippen molar-refractivity contribution in [1.29, 1.82) is 0 Å². The lowest BCUT2D eigenvalue weighted by atomic mass is 10.2. The summed E-state index contributed by atoms with van der Waals surface area (Å²) in [5.74, 6) is 0.566. The van der Waals surface area contributed by atoms with Gasteiger partial charge in [0.2, 0.25) is 0 Å². The molecule has 0 saturated heterocycles. The first-order valence-corrected chi connectivity index (χ1v) is 6.85. The van der Waals surface area contributed by atoms with Crippen LogP contribution in [0.2, 0.25) is 0 Å². The van der Waals surface area contributed by atoms with Gasteiger partial charge in [0.05, 0.1) is 0 Å². The van der Waals surface area contributed by atoms with E-state index in [1.807, 2.05) is 24.3 Å². The number of anilines is 1. The van der Waals surface area contributed by atoms with Crippen LogP contribution in [0, 0.1) is 5.82 Å². The number of nitrogen functional groups attached to an aromatic ring is 1. The van der Waals surface area contributed by atoms with Gasteiger partial charge in [-0.3, -0.25) is 0 Å². The molecule has 1 nitrogen and oxygen atoms in total. The second-order valence-electron chi connectivity index (χ2n) is 3.64. The molecule has 2 N–H and O–H groups in total. The Morgan fingerprint density at radius 3 is 2.71 bits per heavy atom. The number of nitrogens with two attached hydrogens (primary N) is 1. The van der Waals surface area contributed by atoms with Crippen molar-refractivity contribution in [3.05, 3.63) is 58.3 Å². The number of hydrogen-bond donors (Lipinski definition) is 1. The Balaban J connectivity index is 2.07. The van der Waals surface area contributed by atoms with E-state index in [9.17, 15) is 4.39 Å². The molecule has 88 valence electrons. The van der Waals surface area contributed by atoms with Gasteiger partial charge >= 0.3 is 0 Å². The molecule has 0 aromatic heterocycles. The molecule has 0 aliphatic heterocycles. The Hall–Kier alpha value is -1.00. The summed E-state index contributed by atoms with van der Waals surface area (Å²) in [6.45, 7) is 0. The summed E-state index contributed by atoms with van der Waals surface area (Å²) < 4.78 is 13.9. The van der Waals surface area contributed by atoms with Crippen LogP contribution in [0.1, 0.15) is 5.56 Å². The van der Waals surface area contributed by atoms with E-state index in [2.05, 4.69) is 15.9 Å². The van der Waals surface area contributed by atoms with Crippen molar-refractivity contribution in [2.45, 2.75) is 10.6 Å². The van der Waals surface area contributed by atoms with Crippen molar-refractivity contribution >= 4 is 33.4 Å². The van der Waals surface area contributed by atoms with Gasteiger partial charge in [-0.05, 0) is 42.0 Å². The largest absolute Gasteiger partial charge is 0.399 e. The molecule has 0 aliphatic rings. The molecule has 0 unspecified atom stereocenters. The molecule has 2 rings (SSSR count).